The van der Waals surface area contributed by atoms with E-state index >= 15 is 0 Å². The summed E-state index contributed by atoms with van der Waals surface area (Å²) in [6, 6.07) is 17.4. The third-order valence-corrected chi connectivity index (χ3v) is 6.07. The molecule has 35 heavy (non-hydrogen) atoms. The second-order valence-electron chi connectivity index (χ2n) is 8.52. The third kappa shape index (κ3) is 6.05. The number of hydrogen-bond acceptors (Lipinski definition) is 1. The Morgan fingerprint density at radius 1 is 0.743 bits per heavy atom. The molecule has 0 aliphatic rings. The summed E-state index contributed by atoms with van der Waals surface area (Å²) < 4.78 is 81.7. The molecule has 8 heteroatoms. The Bertz CT molecular complexity index is 1100. The Balaban J connectivity index is 2.34. The van der Waals surface area contributed by atoms with Crippen molar-refractivity contribution < 1.29 is 31.1 Å². The van der Waals surface area contributed by atoms with Crippen molar-refractivity contribution in [2.75, 3.05) is 0 Å². The Kier molecular flexibility index (Phi) is 7.62. The zero-order valence-electron chi connectivity index (χ0n) is 19.2. The van der Waals surface area contributed by atoms with Crippen molar-refractivity contribution in [3.8, 4) is 0 Å². The molecule has 0 aromatic heterocycles. The number of carbonyl (C=O) groups is 1. The van der Waals surface area contributed by atoms with Gasteiger partial charge in [0.15, 0.2) is 0 Å². The largest absolute Gasteiger partial charge is 0.416 e. The summed E-state index contributed by atoms with van der Waals surface area (Å²) in [5.74, 6) is -0.986. The molecule has 0 bridgehead atoms. The quantitative estimate of drug-likeness (QED) is 0.342. The van der Waals surface area contributed by atoms with Gasteiger partial charge in [-0.05, 0) is 47.4 Å². The topological polar surface area (TPSA) is 29.1 Å². The van der Waals surface area contributed by atoms with Crippen molar-refractivity contribution >= 4 is 5.91 Å². The van der Waals surface area contributed by atoms with E-state index in [0.717, 1.165) is 24.3 Å². The van der Waals surface area contributed by atoms with Crippen molar-refractivity contribution in [3.05, 3.63) is 107 Å². The second kappa shape index (κ2) is 10.1. The van der Waals surface area contributed by atoms with Gasteiger partial charge < -0.3 is 5.32 Å². The fraction of sp³-hybridized carbons (Fsp3) is 0.296. The lowest BCUT2D eigenvalue weighted by molar-refractivity contribution is -0.138. The van der Waals surface area contributed by atoms with E-state index in [1.54, 1.807) is 44.2 Å². The third-order valence-electron chi connectivity index (χ3n) is 6.07. The molecule has 0 saturated heterocycles. The fourth-order valence-corrected chi connectivity index (χ4v) is 3.90. The summed E-state index contributed by atoms with van der Waals surface area (Å²) in [5.41, 5.74) is -2.91. The molecule has 1 unspecified atom stereocenters. The average Bonchev–Trinajstić information content (AvgIpc) is 2.82. The molecule has 0 heterocycles. The van der Waals surface area contributed by atoms with E-state index in [4.69, 9.17) is 0 Å². The number of halogens is 6. The van der Waals surface area contributed by atoms with Crippen LogP contribution in [0.15, 0.2) is 78.9 Å². The van der Waals surface area contributed by atoms with E-state index in [1.165, 1.54) is 24.3 Å². The molecular weight excluding hydrogens is 468 g/mol. The van der Waals surface area contributed by atoms with Crippen LogP contribution in [-0.4, -0.2) is 5.91 Å². The zero-order chi connectivity index (χ0) is 25.9. The molecule has 0 radical (unpaired) electrons. The maximum atomic E-state index is 13.6. The van der Waals surface area contributed by atoms with Gasteiger partial charge in [-0.1, -0.05) is 68.4 Å². The summed E-state index contributed by atoms with van der Waals surface area (Å²) in [6.45, 7) is 3.43. The van der Waals surface area contributed by atoms with E-state index < -0.39 is 40.8 Å². The summed E-state index contributed by atoms with van der Waals surface area (Å²) in [6.07, 6.45) is -8.97. The van der Waals surface area contributed by atoms with Crippen LogP contribution in [0, 0.1) is 5.92 Å². The first-order valence-electron chi connectivity index (χ1n) is 11.1. The van der Waals surface area contributed by atoms with Crippen LogP contribution < -0.4 is 5.32 Å². The molecule has 186 valence electrons. The lowest BCUT2D eigenvalue weighted by atomic mass is 9.76. The molecule has 0 aliphatic carbocycles. The SMILES string of the molecule is CCC(C)C(=O)NC(Cc1ccccc1)(c1cccc(C(F)(F)F)c1)c1cccc(C(F)(F)F)c1. The maximum Gasteiger partial charge on any atom is 0.416 e. The van der Waals surface area contributed by atoms with Crippen LogP contribution in [0.4, 0.5) is 26.3 Å². The van der Waals surface area contributed by atoms with Gasteiger partial charge in [0, 0.05) is 12.3 Å². The van der Waals surface area contributed by atoms with Gasteiger partial charge in [-0.3, -0.25) is 4.79 Å². The Morgan fingerprint density at radius 2 is 1.20 bits per heavy atom. The predicted octanol–water partition coefficient (Wildman–Crippen LogP) is 7.37. The predicted molar refractivity (Wildman–Crippen MR) is 121 cm³/mol. The summed E-state index contributed by atoms with van der Waals surface area (Å²) in [5, 5.41) is 2.85. The van der Waals surface area contributed by atoms with Crippen LogP contribution in [-0.2, 0) is 29.1 Å². The monoisotopic (exact) mass is 493 g/mol. The van der Waals surface area contributed by atoms with Crippen LogP contribution >= 0.6 is 0 Å². The van der Waals surface area contributed by atoms with Gasteiger partial charge in [0.05, 0.1) is 16.7 Å². The van der Waals surface area contributed by atoms with Crippen molar-refractivity contribution in [1.82, 2.24) is 5.32 Å². The maximum absolute atomic E-state index is 13.6. The first-order valence-corrected chi connectivity index (χ1v) is 11.1. The molecule has 1 amide bonds. The van der Waals surface area contributed by atoms with Crippen molar-refractivity contribution in [2.24, 2.45) is 5.92 Å². The van der Waals surface area contributed by atoms with Crippen molar-refractivity contribution in [2.45, 2.75) is 44.6 Å². The normalized spacial score (nSPS) is 13.4. The van der Waals surface area contributed by atoms with Crippen molar-refractivity contribution in [3.63, 3.8) is 0 Å². The van der Waals surface area contributed by atoms with Gasteiger partial charge in [0.1, 0.15) is 0 Å². The number of nitrogens with one attached hydrogen (secondary N) is 1. The van der Waals surface area contributed by atoms with Gasteiger partial charge in [-0.15, -0.1) is 0 Å². The molecule has 2 nitrogen and oxygen atoms in total. The van der Waals surface area contributed by atoms with Gasteiger partial charge in [-0.2, -0.15) is 26.3 Å². The minimum absolute atomic E-state index is 0.0344. The van der Waals surface area contributed by atoms with Crippen LogP contribution in [0.1, 0.15) is 48.1 Å². The Morgan fingerprint density at radius 3 is 1.63 bits per heavy atom. The average molecular weight is 493 g/mol. The molecule has 0 saturated carbocycles. The van der Waals surface area contributed by atoms with Gasteiger partial charge in [-0.25, -0.2) is 0 Å². The fourth-order valence-electron chi connectivity index (χ4n) is 3.90. The van der Waals surface area contributed by atoms with E-state index in [1.807, 2.05) is 0 Å². The molecule has 0 fully saturated rings. The number of alkyl halides is 6. The molecule has 1 N–H and O–H groups in total. The lowest BCUT2D eigenvalue weighted by Crippen LogP contribution is -2.50. The first-order chi connectivity index (χ1) is 16.4. The van der Waals surface area contributed by atoms with Crippen LogP contribution in [0.2, 0.25) is 0 Å². The van der Waals surface area contributed by atoms with Crippen LogP contribution in [0.3, 0.4) is 0 Å². The number of benzene rings is 3. The van der Waals surface area contributed by atoms with E-state index in [0.29, 0.717) is 12.0 Å². The minimum Gasteiger partial charge on any atom is -0.342 e. The zero-order valence-corrected chi connectivity index (χ0v) is 19.2. The van der Waals surface area contributed by atoms with E-state index in [9.17, 15) is 31.1 Å². The molecule has 3 aromatic carbocycles. The lowest BCUT2D eigenvalue weighted by Gasteiger charge is -2.38. The Labute approximate surface area is 200 Å². The first kappa shape index (κ1) is 26.3. The number of rotatable bonds is 7. The van der Waals surface area contributed by atoms with Crippen LogP contribution in [0.5, 0.6) is 0 Å². The minimum atomic E-state index is -4.68. The van der Waals surface area contributed by atoms with Gasteiger partial charge >= 0.3 is 12.4 Å². The second-order valence-corrected chi connectivity index (χ2v) is 8.52. The van der Waals surface area contributed by atoms with E-state index in [-0.39, 0.29) is 17.5 Å². The standard InChI is InChI=1S/C27H25F6NO/c1-3-18(2)24(35)34-25(17-19-9-5-4-6-10-19,20-11-7-13-22(15-20)26(28,29)30)21-12-8-14-23(16-21)27(31,32)33/h4-16,18H,3,17H2,1-2H3,(H,34,35). The highest BCUT2D eigenvalue weighted by molar-refractivity contribution is 5.80. The molecule has 0 spiro atoms. The molecule has 3 aromatic rings. The van der Waals surface area contributed by atoms with Gasteiger partial charge in [0.2, 0.25) is 5.91 Å². The molecule has 0 aliphatic heterocycles. The van der Waals surface area contributed by atoms with Crippen molar-refractivity contribution in [1.29, 1.82) is 0 Å². The number of amides is 1. The highest BCUT2D eigenvalue weighted by atomic mass is 19.4. The highest BCUT2D eigenvalue weighted by Gasteiger charge is 2.41. The molecule has 1 atom stereocenters. The number of hydrogen-bond donors (Lipinski definition) is 1. The summed E-state index contributed by atoms with van der Waals surface area (Å²) >= 11 is 0. The smallest absolute Gasteiger partial charge is 0.342 e. The molecular formula is C27H25F6NO. The Hall–Kier alpha value is -3.29. The number of carbonyl (C=O) groups excluding carboxylic acids is 1. The van der Waals surface area contributed by atoms with Crippen LogP contribution in [0.25, 0.3) is 0 Å². The van der Waals surface area contributed by atoms with E-state index in [2.05, 4.69) is 5.32 Å². The molecule has 3 rings (SSSR count). The van der Waals surface area contributed by atoms with Gasteiger partial charge in [0.25, 0.3) is 0 Å². The summed E-state index contributed by atoms with van der Waals surface area (Å²) in [4.78, 5) is 13.1. The summed E-state index contributed by atoms with van der Waals surface area (Å²) in [7, 11) is 0. The highest BCUT2D eigenvalue weighted by Crippen LogP contribution is 2.40.